The van der Waals surface area contributed by atoms with Crippen LogP contribution in [0.5, 0.6) is 0 Å². The molecule has 0 unspecified atom stereocenters. The van der Waals surface area contributed by atoms with Crippen LogP contribution in [0.25, 0.3) is 16.8 Å². The van der Waals surface area contributed by atoms with E-state index in [0.717, 1.165) is 5.56 Å². The fraction of sp³-hybridized carbons (Fsp3) is 0.0500. The van der Waals surface area contributed by atoms with Crippen LogP contribution in [0, 0.1) is 0 Å². The summed E-state index contributed by atoms with van der Waals surface area (Å²) in [7, 11) is 0. The molecule has 0 radical (unpaired) electrons. The zero-order valence-corrected chi connectivity index (χ0v) is 14.9. The highest BCUT2D eigenvalue weighted by Crippen LogP contribution is 2.20. The van der Waals surface area contributed by atoms with Crippen LogP contribution >= 0.6 is 11.6 Å². The lowest BCUT2D eigenvalue weighted by molar-refractivity contribution is -0.116. The van der Waals surface area contributed by atoms with E-state index >= 15 is 0 Å². The van der Waals surface area contributed by atoms with E-state index < -0.39 is 0 Å². The van der Waals surface area contributed by atoms with Gasteiger partial charge in [-0.05, 0) is 30.3 Å². The molecule has 0 aliphatic carbocycles. The van der Waals surface area contributed by atoms with Gasteiger partial charge in [0.05, 0.1) is 5.69 Å². The number of nitrogens with one attached hydrogen (secondary N) is 1. The molecule has 2 aromatic carbocycles. The van der Waals surface area contributed by atoms with Crippen molar-refractivity contribution in [3.05, 3.63) is 88.4 Å². The number of halogens is 1. The average molecular weight is 379 g/mol. The van der Waals surface area contributed by atoms with Crippen LogP contribution in [-0.2, 0) is 11.3 Å². The molecule has 2 aromatic heterocycles. The number of fused-ring (bicyclic) bond motifs is 1. The molecule has 27 heavy (non-hydrogen) atoms. The van der Waals surface area contributed by atoms with Crippen molar-refractivity contribution in [1.82, 2.24) is 14.2 Å². The zero-order valence-electron chi connectivity index (χ0n) is 14.2. The number of hydrogen-bond acceptors (Lipinski definition) is 3. The molecular weight excluding hydrogens is 364 g/mol. The lowest BCUT2D eigenvalue weighted by Gasteiger charge is -2.07. The van der Waals surface area contributed by atoms with Crippen molar-refractivity contribution in [2.75, 3.05) is 5.32 Å². The maximum absolute atomic E-state index is 12.7. The molecule has 0 saturated heterocycles. The number of rotatable bonds is 4. The van der Waals surface area contributed by atoms with E-state index in [1.807, 2.05) is 30.3 Å². The van der Waals surface area contributed by atoms with E-state index in [1.54, 1.807) is 42.7 Å². The minimum atomic E-state index is -0.284. The molecule has 6 nitrogen and oxygen atoms in total. The van der Waals surface area contributed by atoms with E-state index in [4.69, 9.17) is 11.6 Å². The number of nitrogens with zero attached hydrogens (tertiary/aromatic N) is 3. The van der Waals surface area contributed by atoms with Gasteiger partial charge in [0.2, 0.25) is 5.91 Å². The molecule has 0 saturated carbocycles. The quantitative estimate of drug-likeness (QED) is 0.591. The Morgan fingerprint density at radius 2 is 1.78 bits per heavy atom. The summed E-state index contributed by atoms with van der Waals surface area (Å²) in [5.74, 6) is -0.273. The van der Waals surface area contributed by atoms with Crippen LogP contribution in [-0.4, -0.2) is 20.1 Å². The molecule has 2 heterocycles. The van der Waals surface area contributed by atoms with Crippen LogP contribution in [0.3, 0.4) is 0 Å². The molecule has 1 amide bonds. The number of para-hydroxylation sites is 1. The van der Waals surface area contributed by atoms with Gasteiger partial charge in [-0.2, -0.15) is 5.10 Å². The smallest absolute Gasteiger partial charge is 0.277 e. The first-order valence-electron chi connectivity index (χ1n) is 8.30. The van der Waals surface area contributed by atoms with Gasteiger partial charge < -0.3 is 9.88 Å². The second-order valence-electron chi connectivity index (χ2n) is 6.01. The summed E-state index contributed by atoms with van der Waals surface area (Å²) < 4.78 is 2.87. The van der Waals surface area contributed by atoms with E-state index in [9.17, 15) is 9.59 Å². The summed E-state index contributed by atoms with van der Waals surface area (Å²) >= 11 is 5.91. The predicted molar refractivity (Wildman–Crippen MR) is 105 cm³/mol. The van der Waals surface area contributed by atoms with Gasteiger partial charge in [0.25, 0.3) is 5.56 Å². The molecule has 4 aromatic rings. The third-order valence-corrected chi connectivity index (χ3v) is 4.37. The zero-order chi connectivity index (χ0) is 18.8. The molecule has 0 spiro atoms. The third-order valence-electron chi connectivity index (χ3n) is 4.12. The first-order valence-corrected chi connectivity index (χ1v) is 8.67. The van der Waals surface area contributed by atoms with Crippen molar-refractivity contribution in [2.45, 2.75) is 6.54 Å². The predicted octanol–water partition coefficient (Wildman–Crippen LogP) is 3.46. The minimum absolute atomic E-state index is 0.0777. The number of benzene rings is 2. The average Bonchev–Trinajstić information content (AvgIpc) is 3.10. The summed E-state index contributed by atoms with van der Waals surface area (Å²) in [6, 6.07) is 18.0. The SMILES string of the molecule is O=C(Cn1ccn2nc(-c3ccc(Cl)cc3)cc2c1=O)Nc1ccccc1. The monoisotopic (exact) mass is 378 g/mol. The maximum atomic E-state index is 12.7. The molecule has 4 rings (SSSR count). The topological polar surface area (TPSA) is 68.4 Å². The van der Waals surface area contributed by atoms with Gasteiger partial charge in [0.1, 0.15) is 12.1 Å². The van der Waals surface area contributed by atoms with Gasteiger partial charge in [-0.15, -0.1) is 0 Å². The number of aromatic nitrogens is 3. The molecule has 7 heteroatoms. The number of carbonyl (C=O) groups is 1. The highest BCUT2D eigenvalue weighted by atomic mass is 35.5. The minimum Gasteiger partial charge on any atom is -0.325 e. The molecule has 134 valence electrons. The van der Waals surface area contributed by atoms with Gasteiger partial charge in [-0.3, -0.25) is 9.59 Å². The Labute approximate surface area is 159 Å². The Hall–Kier alpha value is -3.38. The highest BCUT2D eigenvalue weighted by Gasteiger charge is 2.11. The standard InChI is InChI=1S/C20H15ClN4O2/c21-15-8-6-14(7-9-15)17-12-18-20(27)24(10-11-25(18)23-17)13-19(26)22-16-4-2-1-3-5-16/h1-12H,13H2,(H,22,26). The van der Waals surface area contributed by atoms with Gasteiger partial charge in [-0.25, -0.2) is 4.52 Å². The first-order chi connectivity index (χ1) is 13.1. The molecule has 1 N–H and O–H groups in total. The van der Waals surface area contributed by atoms with E-state index in [0.29, 0.717) is 21.9 Å². The molecule has 0 atom stereocenters. The molecule has 0 aliphatic rings. The van der Waals surface area contributed by atoms with Gasteiger partial charge in [-0.1, -0.05) is 41.9 Å². The molecule has 0 aliphatic heterocycles. The molecule has 0 fully saturated rings. The van der Waals surface area contributed by atoms with E-state index in [1.165, 1.54) is 9.08 Å². The van der Waals surface area contributed by atoms with Crippen molar-refractivity contribution in [3.8, 4) is 11.3 Å². The maximum Gasteiger partial charge on any atom is 0.277 e. The summed E-state index contributed by atoms with van der Waals surface area (Å²) in [5.41, 5.74) is 2.32. The van der Waals surface area contributed by atoms with Crippen molar-refractivity contribution in [1.29, 1.82) is 0 Å². The van der Waals surface area contributed by atoms with Crippen LogP contribution in [0.4, 0.5) is 5.69 Å². The summed E-state index contributed by atoms with van der Waals surface area (Å²) in [4.78, 5) is 24.9. The molecule has 0 bridgehead atoms. The van der Waals surface area contributed by atoms with Crippen LogP contribution in [0.1, 0.15) is 0 Å². The number of carbonyl (C=O) groups excluding carboxylic acids is 1. The van der Waals surface area contributed by atoms with Crippen molar-refractivity contribution in [3.63, 3.8) is 0 Å². The largest absolute Gasteiger partial charge is 0.325 e. The first kappa shape index (κ1) is 17.1. The second kappa shape index (κ2) is 7.09. The van der Waals surface area contributed by atoms with Crippen molar-refractivity contribution >= 4 is 28.7 Å². The number of hydrogen-bond donors (Lipinski definition) is 1. The van der Waals surface area contributed by atoms with Gasteiger partial charge >= 0.3 is 0 Å². The Morgan fingerprint density at radius 1 is 1.04 bits per heavy atom. The van der Waals surface area contributed by atoms with Gasteiger partial charge in [0.15, 0.2) is 0 Å². The van der Waals surface area contributed by atoms with E-state index in [2.05, 4.69) is 10.4 Å². The Kier molecular flexibility index (Phi) is 4.48. The van der Waals surface area contributed by atoms with Gasteiger partial charge in [0, 0.05) is 28.7 Å². The number of anilines is 1. The van der Waals surface area contributed by atoms with Crippen LogP contribution < -0.4 is 10.9 Å². The Bertz CT molecular complexity index is 1160. The third kappa shape index (κ3) is 3.61. The summed E-state index contributed by atoms with van der Waals surface area (Å²) in [6.07, 6.45) is 3.21. The lowest BCUT2D eigenvalue weighted by atomic mass is 10.1. The Morgan fingerprint density at radius 3 is 2.52 bits per heavy atom. The normalized spacial score (nSPS) is 10.9. The Balaban J connectivity index is 1.61. The second-order valence-corrected chi connectivity index (χ2v) is 6.45. The summed E-state index contributed by atoms with van der Waals surface area (Å²) in [6.45, 7) is -0.0777. The fourth-order valence-corrected chi connectivity index (χ4v) is 2.92. The lowest BCUT2D eigenvalue weighted by Crippen LogP contribution is -2.28. The van der Waals surface area contributed by atoms with E-state index in [-0.39, 0.29) is 18.0 Å². The van der Waals surface area contributed by atoms with Crippen molar-refractivity contribution in [2.24, 2.45) is 0 Å². The fourth-order valence-electron chi connectivity index (χ4n) is 2.79. The van der Waals surface area contributed by atoms with Crippen LogP contribution in [0.2, 0.25) is 5.02 Å². The van der Waals surface area contributed by atoms with Crippen molar-refractivity contribution < 1.29 is 4.79 Å². The van der Waals surface area contributed by atoms with Crippen LogP contribution in [0.15, 0.2) is 77.9 Å². The molecular formula is C20H15ClN4O2. The number of amides is 1. The highest BCUT2D eigenvalue weighted by molar-refractivity contribution is 6.30. The summed E-state index contributed by atoms with van der Waals surface area (Å²) in [5, 5.41) is 7.82.